The fourth-order valence-electron chi connectivity index (χ4n) is 12.9. The quantitative estimate of drug-likeness (QED) is 0.176. The molecule has 71 heavy (non-hydrogen) atoms. The van der Waals surface area contributed by atoms with Gasteiger partial charge in [-0.2, -0.15) is 0 Å². The van der Waals surface area contributed by atoms with Gasteiger partial charge in [-0.25, -0.2) is 0 Å². The van der Waals surface area contributed by atoms with E-state index >= 15 is 0 Å². The third kappa shape index (κ3) is 5.57. The highest BCUT2D eigenvalue weighted by Gasteiger charge is 2.39. The first kappa shape index (κ1) is 40.4. The summed E-state index contributed by atoms with van der Waals surface area (Å²) in [4.78, 5) is 4.93. The van der Waals surface area contributed by atoms with Crippen molar-refractivity contribution in [2.45, 2.75) is 51.4 Å². The molecule has 0 N–H and O–H groups in total. The molecule has 12 aromatic rings. The maximum Gasteiger partial charge on any atom is 0.135 e. The zero-order valence-electron chi connectivity index (χ0n) is 40.2. The summed E-state index contributed by atoms with van der Waals surface area (Å²) in [6.45, 7) is 9.51. The minimum atomic E-state index is -0.263. The van der Waals surface area contributed by atoms with E-state index in [-0.39, 0.29) is 10.8 Å². The van der Waals surface area contributed by atoms with Gasteiger partial charge < -0.3 is 23.4 Å². The van der Waals surface area contributed by atoms with Crippen LogP contribution in [0.15, 0.2) is 205 Å². The highest BCUT2D eigenvalue weighted by Crippen LogP contribution is 2.55. The number of hydrogen-bond donors (Lipinski definition) is 0. The molecule has 0 saturated heterocycles. The molecule has 0 saturated carbocycles. The first-order valence-corrected chi connectivity index (χ1v) is 25.1. The normalized spacial score (nSPS) is 15.3. The lowest BCUT2D eigenvalue weighted by atomic mass is 9.73. The summed E-state index contributed by atoms with van der Waals surface area (Å²) in [5.41, 5.74) is 22.1. The van der Waals surface area contributed by atoms with Crippen LogP contribution in [0.5, 0.6) is 0 Å². The molecule has 340 valence electrons. The molecule has 2 aliphatic heterocycles. The van der Waals surface area contributed by atoms with Gasteiger partial charge in [-0.3, -0.25) is 0 Å². The lowest BCUT2D eigenvalue weighted by Gasteiger charge is -2.42. The molecule has 0 bridgehead atoms. The average molecular weight is 915 g/mol. The Bertz CT molecular complexity index is 4210. The van der Waals surface area contributed by atoms with Gasteiger partial charge in [0.2, 0.25) is 0 Å². The van der Waals surface area contributed by atoms with Crippen molar-refractivity contribution in [2.75, 3.05) is 9.80 Å². The predicted molar refractivity (Wildman–Crippen MR) is 296 cm³/mol. The van der Waals surface area contributed by atoms with Crippen LogP contribution in [-0.4, -0.2) is 9.13 Å². The number of aromatic nitrogens is 2. The summed E-state index contributed by atoms with van der Waals surface area (Å²) >= 11 is 0. The van der Waals surface area contributed by atoms with Gasteiger partial charge in [0.25, 0.3) is 0 Å². The largest absolute Gasteiger partial charge is 0.456 e. The van der Waals surface area contributed by atoms with Crippen LogP contribution in [0.25, 0.3) is 72.1 Å². The predicted octanol–water partition coefficient (Wildman–Crippen LogP) is 17.8. The topological polar surface area (TPSA) is 29.5 Å². The summed E-state index contributed by atoms with van der Waals surface area (Å²) < 4.78 is 11.6. The van der Waals surface area contributed by atoms with Gasteiger partial charge in [0.15, 0.2) is 0 Å². The number of fused-ring (bicyclic) bond motifs is 13. The number of rotatable bonds is 4. The van der Waals surface area contributed by atoms with Crippen molar-refractivity contribution in [3.05, 3.63) is 234 Å². The second-order valence-electron chi connectivity index (χ2n) is 20.8. The highest BCUT2D eigenvalue weighted by atomic mass is 16.3. The second kappa shape index (κ2) is 14.5. The number of aryl methyl sites for hydroxylation is 1. The first-order valence-electron chi connectivity index (χ1n) is 25.1. The van der Waals surface area contributed by atoms with Gasteiger partial charge in [0.1, 0.15) is 11.2 Å². The monoisotopic (exact) mass is 914 g/mol. The molecule has 0 amide bonds. The lowest BCUT2D eigenvalue weighted by molar-refractivity contribution is 0.631. The molecule has 5 heteroatoms. The highest BCUT2D eigenvalue weighted by molar-refractivity contribution is 6.10. The molecule has 3 aromatic heterocycles. The molecular weight excluding hydrogens is 865 g/mol. The van der Waals surface area contributed by atoms with E-state index in [1.807, 2.05) is 0 Å². The zero-order valence-corrected chi connectivity index (χ0v) is 40.2. The van der Waals surface area contributed by atoms with Gasteiger partial charge >= 0.3 is 0 Å². The summed E-state index contributed by atoms with van der Waals surface area (Å²) in [5.74, 6) is 0. The maximum absolute atomic E-state index is 6.70. The molecule has 5 nitrogen and oxygen atoms in total. The van der Waals surface area contributed by atoms with Crippen LogP contribution < -0.4 is 9.80 Å². The fraction of sp³-hybridized carbons (Fsp3) is 0.121. The Morgan fingerprint density at radius 2 is 0.817 bits per heavy atom. The number of hydrogen-bond acceptors (Lipinski definition) is 3. The van der Waals surface area contributed by atoms with E-state index in [9.17, 15) is 0 Å². The van der Waals surface area contributed by atoms with E-state index in [1.165, 1.54) is 94.7 Å². The van der Waals surface area contributed by atoms with E-state index in [0.29, 0.717) is 0 Å². The molecule has 15 rings (SSSR count). The summed E-state index contributed by atoms with van der Waals surface area (Å²) in [6, 6.07) is 72.0. The Balaban J connectivity index is 0.885. The van der Waals surface area contributed by atoms with E-state index in [0.717, 1.165) is 51.8 Å². The number of benzene rings is 9. The molecular formula is C66H50N4O. The van der Waals surface area contributed by atoms with Crippen LogP contribution in [0.2, 0.25) is 0 Å². The van der Waals surface area contributed by atoms with Crippen LogP contribution in [0.3, 0.4) is 0 Å². The number of nitrogens with zero attached hydrogens (tertiary/aromatic N) is 4. The van der Waals surface area contributed by atoms with Crippen molar-refractivity contribution in [2.24, 2.45) is 0 Å². The Labute approximate surface area is 412 Å². The van der Waals surface area contributed by atoms with Gasteiger partial charge in [0, 0.05) is 66.2 Å². The van der Waals surface area contributed by atoms with Crippen LogP contribution in [0.1, 0.15) is 67.6 Å². The Morgan fingerprint density at radius 1 is 0.380 bits per heavy atom. The SMILES string of the molecule is CC1(C)c2ccccc2N(c2ccc3oc4ccc(N5c6ccccc6C(C)(C)c6cc(-n7c8ccccc8c8ccccc87)ccc65)cc4c3c2)c2ccc(-n3c4c(c5ccccc53)CCC=C4)cc21. The van der Waals surface area contributed by atoms with Gasteiger partial charge in [-0.15, -0.1) is 0 Å². The van der Waals surface area contributed by atoms with Gasteiger partial charge in [0.05, 0.1) is 39.3 Å². The smallest absolute Gasteiger partial charge is 0.135 e. The molecule has 0 radical (unpaired) electrons. The Kier molecular flexibility index (Phi) is 8.24. The fourth-order valence-corrected chi connectivity index (χ4v) is 12.9. The van der Waals surface area contributed by atoms with E-state index in [1.54, 1.807) is 0 Å². The molecule has 0 spiro atoms. The third-order valence-electron chi connectivity index (χ3n) is 16.3. The minimum Gasteiger partial charge on any atom is -0.456 e. The van der Waals surface area contributed by atoms with Crippen LogP contribution >= 0.6 is 0 Å². The molecule has 1 aliphatic carbocycles. The van der Waals surface area contributed by atoms with Crippen LogP contribution in [0.4, 0.5) is 34.1 Å². The number of anilines is 6. The molecule has 5 heterocycles. The Hall–Kier alpha value is -8.54. The zero-order chi connectivity index (χ0) is 47.3. The first-order chi connectivity index (χ1) is 34.7. The van der Waals surface area contributed by atoms with E-state index in [4.69, 9.17) is 4.42 Å². The van der Waals surface area contributed by atoms with Gasteiger partial charge in [-0.05, 0) is 150 Å². The molecule has 0 unspecified atom stereocenters. The number of para-hydroxylation sites is 5. The van der Waals surface area contributed by atoms with Crippen molar-refractivity contribution in [3.63, 3.8) is 0 Å². The molecule has 9 aromatic carbocycles. The van der Waals surface area contributed by atoms with Gasteiger partial charge in [-0.1, -0.05) is 125 Å². The summed E-state index contributed by atoms with van der Waals surface area (Å²) in [5, 5.41) is 6.05. The van der Waals surface area contributed by atoms with Crippen molar-refractivity contribution in [3.8, 4) is 11.4 Å². The molecule has 0 atom stereocenters. The molecule has 3 aliphatic rings. The van der Waals surface area contributed by atoms with E-state index < -0.39 is 0 Å². The van der Waals surface area contributed by atoms with Crippen LogP contribution in [-0.2, 0) is 17.3 Å². The van der Waals surface area contributed by atoms with Crippen molar-refractivity contribution in [1.82, 2.24) is 9.13 Å². The average Bonchev–Trinajstić information content (AvgIpc) is 4.07. The van der Waals surface area contributed by atoms with Crippen LogP contribution in [0, 0.1) is 0 Å². The Morgan fingerprint density at radius 3 is 1.37 bits per heavy atom. The minimum absolute atomic E-state index is 0.252. The standard InChI is InChI=1S/C66H50N4O/c1-65(2)51-21-9-15-27-59(51)69(61-33-29-43(39-53(61)65)67-55-23-11-5-17-45(55)46-18-6-12-24-56(46)67)41-31-35-63-49(37-41)50-38-42(32-36-64(50)71-63)70-60-28-16-10-22-52(60)66(3,4)54-40-44(30-34-62(54)70)68-57-25-13-7-19-47(57)48-20-8-14-26-58(48)68/h5-7,9-19,21-40H,8,20H2,1-4H3. The number of allylic oxidation sites excluding steroid dienone is 1. The summed E-state index contributed by atoms with van der Waals surface area (Å²) in [6.07, 6.45) is 6.79. The van der Waals surface area contributed by atoms with Crippen molar-refractivity contribution in [1.29, 1.82) is 0 Å². The van der Waals surface area contributed by atoms with Crippen molar-refractivity contribution < 1.29 is 4.42 Å². The third-order valence-corrected chi connectivity index (χ3v) is 16.3. The maximum atomic E-state index is 6.70. The summed E-state index contributed by atoms with van der Waals surface area (Å²) in [7, 11) is 0. The lowest BCUT2D eigenvalue weighted by Crippen LogP contribution is -2.30. The molecule has 0 fully saturated rings. The number of furan rings is 1. The van der Waals surface area contributed by atoms with E-state index in [2.05, 4.69) is 253 Å². The van der Waals surface area contributed by atoms with Crippen molar-refractivity contribution >= 4 is 94.8 Å². The second-order valence-corrected chi connectivity index (χ2v) is 20.8.